The molecule has 6 nitrogen and oxygen atoms in total. The Hall–Kier alpha value is -1.70. The number of ether oxygens (including phenoxy) is 2. The van der Waals surface area contributed by atoms with Gasteiger partial charge in [0.1, 0.15) is 0 Å². The molecule has 1 aromatic carbocycles. The van der Waals surface area contributed by atoms with Crippen LogP contribution in [0.15, 0.2) is 47.4 Å². The van der Waals surface area contributed by atoms with Gasteiger partial charge in [0.25, 0.3) is 10.0 Å². The van der Waals surface area contributed by atoms with Gasteiger partial charge in [-0.15, -0.1) is 0 Å². The SMILES string of the molecule is CCCCCCOC[C@H]1[C@@H](CC=CCCCC(=O)NS(=O)(=O)c2ccccc2)[C@H]2CC[C@@H]1O2. The van der Waals surface area contributed by atoms with Crippen molar-refractivity contribution in [3.05, 3.63) is 42.5 Å². The Labute approximate surface area is 199 Å². The first kappa shape index (κ1) is 25.9. The first-order valence-electron chi connectivity index (χ1n) is 12.5. The number of unbranched alkanes of at least 4 members (excludes halogenated alkanes) is 4. The van der Waals surface area contributed by atoms with Crippen molar-refractivity contribution in [1.29, 1.82) is 0 Å². The lowest BCUT2D eigenvalue weighted by Gasteiger charge is -2.27. The predicted molar refractivity (Wildman–Crippen MR) is 129 cm³/mol. The zero-order valence-electron chi connectivity index (χ0n) is 19.8. The summed E-state index contributed by atoms with van der Waals surface area (Å²) in [4.78, 5) is 12.1. The van der Waals surface area contributed by atoms with E-state index in [1.54, 1.807) is 18.2 Å². The molecule has 1 aromatic rings. The average molecular weight is 478 g/mol. The molecule has 2 aliphatic heterocycles. The highest BCUT2D eigenvalue weighted by atomic mass is 32.2. The molecular weight excluding hydrogens is 438 g/mol. The first-order valence-corrected chi connectivity index (χ1v) is 14.0. The van der Waals surface area contributed by atoms with Gasteiger partial charge in [0.15, 0.2) is 0 Å². The van der Waals surface area contributed by atoms with E-state index in [9.17, 15) is 13.2 Å². The van der Waals surface area contributed by atoms with E-state index in [1.165, 1.54) is 31.4 Å². The van der Waals surface area contributed by atoms with E-state index in [0.717, 1.165) is 45.3 Å². The second kappa shape index (κ2) is 13.3. The van der Waals surface area contributed by atoms with Gasteiger partial charge in [0, 0.05) is 18.9 Å². The van der Waals surface area contributed by atoms with E-state index in [1.807, 2.05) is 0 Å². The molecule has 2 fully saturated rings. The van der Waals surface area contributed by atoms with Crippen molar-refractivity contribution >= 4 is 15.9 Å². The molecule has 3 rings (SSSR count). The second-order valence-electron chi connectivity index (χ2n) is 9.19. The van der Waals surface area contributed by atoms with Crippen LogP contribution in [-0.2, 0) is 24.3 Å². The topological polar surface area (TPSA) is 81.7 Å². The smallest absolute Gasteiger partial charge is 0.264 e. The summed E-state index contributed by atoms with van der Waals surface area (Å²) >= 11 is 0. The number of carbonyl (C=O) groups excluding carboxylic acids is 1. The van der Waals surface area contributed by atoms with Crippen molar-refractivity contribution in [2.24, 2.45) is 11.8 Å². The molecule has 7 heteroatoms. The van der Waals surface area contributed by atoms with Gasteiger partial charge < -0.3 is 9.47 Å². The Bertz CT molecular complexity index is 855. The molecule has 2 aliphatic rings. The van der Waals surface area contributed by atoms with Crippen molar-refractivity contribution in [3.8, 4) is 0 Å². The van der Waals surface area contributed by atoms with E-state index in [2.05, 4.69) is 23.8 Å². The van der Waals surface area contributed by atoms with E-state index in [0.29, 0.717) is 30.5 Å². The molecule has 33 heavy (non-hydrogen) atoms. The monoisotopic (exact) mass is 477 g/mol. The molecule has 0 radical (unpaired) electrons. The van der Waals surface area contributed by atoms with Crippen LogP contribution in [0.5, 0.6) is 0 Å². The fourth-order valence-electron chi connectivity index (χ4n) is 4.89. The maximum absolute atomic E-state index is 12.2. The lowest BCUT2D eigenvalue weighted by molar-refractivity contribution is -0.119. The number of hydrogen-bond donors (Lipinski definition) is 1. The van der Waals surface area contributed by atoms with E-state index >= 15 is 0 Å². The Morgan fingerprint density at radius 1 is 1.06 bits per heavy atom. The number of hydrogen-bond acceptors (Lipinski definition) is 5. The van der Waals surface area contributed by atoms with Gasteiger partial charge >= 0.3 is 0 Å². The number of allylic oxidation sites excluding steroid dienone is 2. The fourth-order valence-corrected chi connectivity index (χ4v) is 5.92. The van der Waals surface area contributed by atoms with Gasteiger partial charge in [-0.1, -0.05) is 56.5 Å². The van der Waals surface area contributed by atoms with Crippen molar-refractivity contribution in [2.75, 3.05) is 13.2 Å². The van der Waals surface area contributed by atoms with E-state index < -0.39 is 15.9 Å². The molecule has 0 spiro atoms. The summed E-state index contributed by atoms with van der Waals surface area (Å²) in [5.41, 5.74) is 0. The lowest BCUT2D eigenvalue weighted by Crippen LogP contribution is -2.30. The Morgan fingerprint density at radius 2 is 1.82 bits per heavy atom. The van der Waals surface area contributed by atoms with Gasteiger partial charge in [-0.05, 0) is 56.6 Å². The largest absolute Gasteiger partial charge is 0.381 e. The molecule has 184 valence electrons. The predicted octanol–water partition coefficient (Wildman–Crippen LogP) is 5.00. The van der Waals surface area contributed by atoms with Crippen LogP contribution >= 0.6 is 0 Å². The average Bonchev–Trinajstić information content (AvgIpc) is 3.41. The van der Waals surface area contributed by atoms with Gasteiger partial charge in [0.2, 0.25) is 5.91 Å². The molecule has 1 N–H and O–H groups in total. The summed E-state index contributed by atoms with van der Waals surface area (Å²) in [5, 5.41) is 0. The summed E-state index contributed by atoms with van der Waals surface area (Å²) in [6.07, 6.45) is 14.7. The molecule has 1 amide bonds. The van der Waals surface area contributed by atoms with Crippen LogP contribution in [0, 0.1) is 11.8 Å². The van der Waals surface area contributed by atoms with Crippen molar-refractivity contribution in [2.45, 2.75) is 88.2 Å². The highest BCUT2D eigenvalue weighted by molar-refractivity contribution is 7.90. The number of sulfonamides is 1. The minimum absolute atomic E-state index is 0.103. The standard InChI is InChI=1S/C26H39NO5S/c1-2-3-4-12-19-31-20-23-22(24-17-18-25(23)32-24)15-10-5-6-11-16-26(28)27-33(29,30)21-13-8-7-9-14-21/h5,7-10,13-14,22-25H,2-4,6,11-12,15-20H2,1H3,(H,27,28)/t22-,23+,24-,25+/m1/s1. The minimum atomic E-state index is -3.79. The Balaban J connectivity index is 1.33. The van der Waals surface area contributed by atoms with Crippen LogP contribution in [0.4, 0.5) is 0 Å². The molecule has 0 aromatic heterocycles. The number of carbonyl (C=O) groups is 1. The molecule has 0 aliphatic carbocycles. The Morgan fingerprint density at radius 3 is 2.58 bits per heavy atom. The van der Waals surface area contributed by atoms with E-state index in [4.69, 9.17) is 9.47 Å². The third-order valence-electron chi connectivity index (χ3n) is 6.69. The molecule has 0 saturated carbocycles. The number of rotatable bonds is 15. The van der Waals surface area contributed by atoms with Gasteiger partial charge in [-0.3, -0.25) is 4.79 Å². The fraction of sp³-hybridized carbons (Fsp3) is 0.654. The summed E-state index contributed by atoms with van der Waals surface area (Å²) < 4.78 is 38.7. The number of nitrogens with one attached hydrogen (secondary N) is 1. The van der Waals surface area contributed by atoms with Crippen molar-refractivity contribution in [3.63, 3.8) is 0 Å². The first-order chi connectivity index (χ1) is 16.0. The molecule has 2 bridgehead atoms. The zero-order valence-corrected chi connectivity index (χ0v) is 20.6. The lowest BCUT2D eigenvalue weighted by atomic mass is 9.78. The van der Waals surface area contributed by atoms with Crippen LogP contribution in [0.1, 0.15) is 71.1 Å². The van der Waals surface area contributed by atoms with Crippen LogP contribution in [0.2, 0.25) is 0 Å². The number of fused-ring (bicyclic) bond motifs is 2. The third kappa shape index (κ3) is 7.94. The maximum Gasteiger partial charge on any atom is 0.264 e. The second-order valence-corrected chi connectivity index (χ2v) is 10.9. The van der Waals surface area contributed by atoms with Crippen molar-refractivity contribution < 1.29 is 22.7 Å². The van der Waals surface area contributed by atoms with Gasteiger partial charge in [0.05, 0.1) is 23.7 Å². The number of benzene rings is 1. The van der Waals surface area contributed by atoms with E-state index in [-0.39, 0.29) is 11.3 Å². The normalized spacial score (nSPS) is 24.5. The quantitative estimate of drug-likeness (QED) is 0.284. The van der Waals surface area contributed by atoms with Crippen molar-refractivity contribution in [1.82, 2.24) is 4.72 Å². The number of amides is 1. The van der Waals surface area contributed by atoms with Crippen LogP contribution in [-0.4, -0.2) is 39.7 Å². The summed E-state index contributed by atoms with van der Waals surface area (Å²) in [6.45, 7) is 3.86. The van der Waals surface area contributed by atoms with Gasteiger partial charge in [-0.25, -0.2) is 13.1 Å². The highest BCUT2D eigenvalue weighted by Crippen LogP contribution is 2.45. The van der Waals surface area contributed by atoms with Gasteiger partial charge in [-0.2, -0.15) is 0 Å². The third-order valence-corrected chi connectivity index (χ3v) is 8.08. The summed E-state index contributed by atoms with van der Waals surface area (Å²) in [5.74, 6) is 0.522. The zero-order chi connectivity index (χ0) is 23.5. The maximum atomic E-state index is 12.2. The molecule has 0 unspecified atom stereocenters. The molecule has 4 atom stereocenters. The minimum Gasteiger partial charge on any atom is -0.381 e. The van der Waals surface area contributed by atoms with Crippen LogP contribution < -0.4 is 4.72 Å². The summed E-state index contributed by atoms with van der Waals surface area (Å²) in [6, 6.07) is 7.95. The molecule has 2 heterocycles. The highest BCUT2D eigenvalue weighted by Gasteiger charge is 2.48. The summed E-state index contributed by atoms with van der Waals surface area (Å²) in [7, 11) is -3.79. The molecule has 2 saturated heterocycles. The Kier molecular flexibility index (Phi) is 10.4. The van der Waals surface area contributed by atoms with Crippen LogP contribution in [0.3, 0.4) is 0 Å². The molecular formula is C26H39NO5S. The van der Waals surface area contributed by atoms with Crippen LogP contribution in [0.25, 0.3) is 0 Å².